The lowest BCUT2D eigenvalue weighted by Crippen LogP contribution is -2.23. The highest BCUT2D eigenvalue weighted by Crippen LogP contribution is 2.43. The van der Waals surface area contributed by atoms with Crippen LogP contribution in [0.15, 0.2) is 137 Å². The van der Waals surface area contributed by atoms with E-state index in [1.54, 1.807) is 11.1 Å². The molecule has 0 fully saturated rings. The van der Waals surface area contributed by atoms with E-state index in [1.165, 1.54) is 29.6 Å². The van der Waals surface area contributed by atoms with Gasteiger partial charge in [0.05, 0.1) is 0 Å². The molecule has 4 rings (SSSR count). The van der Waals surface area contributed by atoms with Gasteiger partial charge in [0.15, 0.2) is 0 Å². The Hall–Kier alpha value is -3.40. The van der Waals surface area contributed by atoms with Crippen LogP contribution in [0, 0.1) is 17.8 Å². The van der Waals surface area contributed by atoms with Crippen LogP contribution in [0.25, 0.3) is 0 Å². The van der Waals surface area contributed by atoms with Gasteiger partial charge < -0.3 is 16.8 Å². The lowest BCUT2D eigenvalue weighted by molar-refractivity contribution is 0.374. The Balaban J connectivity index is 1.51. The summed E-state index contributed by atoms with van der Waals surface area (Å²) in [6.07, 6.45) is 35.8. The van der Waals surface area contributed by atoms with Crippen LogP contribution in [0.5, 0.6) is 0 Å². The van der Waals surface area contributed by atoms with Crippen LogP contribution in [-0.4, -0.2) is 19.6 Å². The fraction of sp³-hybridized carbons (Fsp3) is 0.351. The Labute approximate surface area is 242 Å². The normalized spacial score (nSPS) is 22.2. The van der Waals surface area contributed by atoms with Gasteiger partial charge in [-0.05, 0) is 84.8 Å². The first-order valence-electron chi connectivity index (χ1n) is 15.0. The van der Waals surface area contributed by atoms with Crippen LogP contribution in [0.3, 0.4) is 0 Å². The molecule has 1 aromatic carbocycles. The summed E-state index contributed by atoms with van der Waals surface area (Å²) in [7, 11) is 0. The number of nitrogens with two attached hydrogens (primary N) is 2. The van der Waals surface area contributed by atoms with Crippen LogP contribution in [0.2, 0.25) is 0 Å². The molecule has 1 aromatic rings. The van der Waals surface area contributed by atoms with E-state index >= 15 is 0 Å². The van der Waals surface area contributed by atoms with Gasteiger partial charge in [-0.3, -0.25) is 0 Å². The maximum Gasteiger partial charge on any atom is 0.0400 e. The lowest BCUT2D eigenvalue weighted by Gasteiger charge is -2.36. The summed E-state index contributed by atoms with van der Waals surface area (Å²) in [6.45, 7) is 4.47. The molecule has 0 heterocycles. The molecule has 0 aliphatic heterocycles. The van der Waals surface area contributed by atoms with E-state index in [2.05, 4.69) is 109 Å². The molecule has 3 atom stereocenters. The van der Waals surface area contributed by atoms with Crippen molar-refractivity contribution in [3.63, 3.8) is 0 Å². The Morgan fingerprint density at radius 1 is 0.975 bits per heavy atom. The average molecular weight is 534 g/mol. The summed E-state index contributed by atoms with van der Waals surface area (Å²) >= 11 is 0. The van der Waals surface area contributed by atoms with Gasteiger partial charge in [0.1, 0.15) is 0 Å². The Bertz CT molecular complexity index is 1230. The molecule has 0 bridgehead atoms. The van der Waals surface area contributed by atoms with Gasteiger partial charge in [-0.25, -0.2) is 0 Å². The minimum absolute atomic E-state index is 0.522. The van der Waals surface area contributed by atoms with Gasteiger partial charge >= 0.3 is 0 Å². The molecule has 3 aliphatic rings. The Morgan fingerprint density at radius 3 is 2.60 bits per heavy atom. The third-order valence-corrected chi connectivity index (χ3v) is 8.33. The van der Waals surface area contributed by atoms with Crippen molar-refractivity contribution in [3.8, 4) is 0 Å². The van der Waals surface area contributed by atoms with Gasteiger partial charge in [0, 0.05) is 31.2 Å². The summed E-state index contributed by atoms with van der Waals surface area (Å²) in [6, 6.07) is 10.5. The van der Waals surface area contributed by atoms with E-state index in [9.17, 15) is 0 Å². The highest BCUT2D eigenvalue weighted by Gasteiger charge is 2.30. The Kier molecular flexibility index (Phi) is 11.8. The zero-order chi connectivity index (χ0) is 28.0. The smallest absolute Gasteiger partial charge is 0.0400 e. The molecule has 3 nitrogen and oxygen atoms in total. The van der Waals surface area contributed by atoms with Gasteiger partial charge in [-0.2, -0.15) is 0 Å². The lowest BCUT2D eigenvalue weighted by atomic mass is 9.69. The van der Waals surface area contributed by atoms with Crippen molar-refractivity contribution in [3.05, 3.63) is 137 Å². The van der Waals surface area contributed by atoms with Crippen molar-refractivity contribution in [1.82, 2.24) is 0 Å². The van der Waals surface area contributed by atoms with Crippen LogP contribution in [0.4, 0.5) is 5.69 Å². The number of fused-ring (bicyclic) bond motifs is 1. The SMILES string of the molecule is CC(C/C=C(\CNc1ccccc1)C1=CC=C(/C=C/C=C\CN)CC1)C1=C2C=CC=CC2[C@H](C/C=C\CN)CC1. The summed E-state index contributed by atoms with van der Waals surface area (Å²) in [5.74, 6) is 1.72. The highest BCUT2D eigenvalue weighted by atomic mass is 14.9. The van der Waals surface area contributed by atoms with E-state index < -0.39 is 0 Å². The first kappa shape index (κ1) is 29.6. The second-order valence-electron chi connectivity index (χ2n) is 11.0. The minimum Gasteiger partial charge on any atom is -0.381 e. The first-order valence-corrected chi connectivity index (χ1v) is 15.0. The van der Waals surface area contributed by atoms with E-state index in [-0.39, 0.29) is 0 Å². The van der Waals surface area contributed by atoms with Crippen molar-refractivity contribution >= 4 is 5.69 Å². The van der Waals surface area contributed by atoms with Gasteiger partial charge in [-0.1, -0.05) is 110 Å². The van der Waals surface area contributed by atoms with E-state index in [1.807, 2.05) is 12.2 Å². The van der Waals surface area contributed by atoms with Crippen LogP contribution in [0.1, 0.15) is 45.4 Å². The number of allylic oxidation sites excluding steroid dienone is 14. The van der Waals surface area contributed by atoms with Gasteiger partial charge in [0.2, 0.25) is 0 Å². The van der Waals surface area contributed by atoms with Crippen LogP contribution in [-0.2, 0) is 0 Å². The molecule has 40 heavy (non-hydrogen) atoms. The topological polar surface area (TPSA) is 64.1 Å². The molecule has 3 aliphatic carbocycles. The maximum absolute atomic E-state index is 5.69. The average Bonchev–Trinajstić information content (AvgIpc) is 3.00. The first-order chi connectivity index (χ1) is 19.7. The minimum atomic E-state index is 0.522. The molecular formula is C37H47N3. The molecule has 0 amide bonds. The fourth-order valence-electron chi connectivity index (χ4n) is 6.04. The number of hydrogen-bond acceptors (Lipinski definition) is 3. The molecule has 0 spiro atoms. The fourth-order valence-corrected chi connectivity index (χ4v) is 6.04. The highest BCUT2D eigenvalue weighted by molar-refractivity contribution is 5.48. The molecule has 3 heteroatoms. The molecule has 2 unspecified atom stereocenters. The number of anilines is 1. The number of rotatable bonds is 13. The van der Waals surface area contributed by atoms with Crippen molar-refractivity contribution in [2.75, 3.05) is 25.0 Å². The number of benzene rings is 1. The third-order valence-electron chi connectivity index (χ3n) is 8.33. The number of nitrogens with one attached hydrogen (secondary N) is 1. The van der Waals surface area contributed by atoms with Crippen molar-refractivity contribution in [1.29, 1.82) is 0 Å². The predicted molar refractivity (Wildman–Crippen MR) is 174 cm³/mol. The predicted octanol–water partition coefficient (Wildman–Crippen LogP) is 8.12. The third kappa shape index (κ3) is 8.55. The largest absolute Gasteiger partial charge is 0.381 e. The molecule has 0 saturated carbocycles. The molecule has 0 saturated heterocycles. The quantitative estimate of drug-likeness (QED) is 0.177. The second-order valence-corrected chi connectivity index (χ2v) is 11.0. The standard InChI is InChI=1S/C37H47N3/c1-29(35-25-24-32(13-9-11-27-39)36-16-7-8-17-37(35)36)18-21-33(28-40-34-14-5-2-6-15-34)31-22-19-30(20-23-31)12-4-3-10-26-38/h2-12,14-17,19,21-22,29,32,36,40H,13,18,20,23-28,38-39H2,1H3/b10-3-,11-9-,12-4+,33-21+/t29?,32-,36?/m1/s1. The van der Waals surface area contributed by atoms with E-state index in [0.29, 0.717) is 30.8 Å². The Morgan fingerprint density at radius 2 is 1.82 bits per heavy atom. The van der Waals surface area contributed by atoms with Crippen molar-refractivity contribution in [2.24, 2.45) is 29.2 Å². The molecule has 0 aromatic heterocycles. The summed E-state index contributed by atoms with van der Waals surface area (Å²) in [5.41, 5.74) is 19.8. The maximum atomic E-state index is 5.69. The zero-order valence-corrected chi connectivity index (χ0v) is 24.1. The van der Waals surface area contributed by atoms with Gasteiger partial charge in [-0.15, -0.1) is 0 Å². The summed E-state index contributed by atoms with van der Waals surface area (Å²) in [5, 5.41) is 3.67. The van der Waals surface area contributed by atoms with Crippen LogP contribution < -0.4 is 16.8 Å². The van der Waals surface area contributed by atoms with Crippen LogP contribution >= 0.6 is 0 Å². The summed E-state index contributed by atoms with van der Waals surface area (Å²) in [4.78, 5) is 0. The molecular weight excluding hydrogens is 486 g/mol. The number of hydrogen-bond donors (Lipinski definition) is 3. The molecule has 5 N–H and O–H groups in total. The van der Waals surface area contributed by atoms with E-state index in [0.717, 1.165) is 37.9 Å². The van der Waals surface area contributed by atoms with Gasteiger partial charge in [0.25, 0.3) is 0 Å². The number of para-hydroxylation sites is 1. The molecule has 0 radical (unpaired) electrons. The summed E-state index contributed by atoms with van der Waals surface area (Å²) < 4.78 is 0. The van der Waals surface area contributed by atoms with Crippen molar-refractivity contribution < 1.29 is 0 Å². The van der Waals surface area contributed by atoms with E-state index in [4.69, 9.17) is 11.5 Å². The molecule has 210 valence electrons. The van der Waals surface area contributed by atoms with Crippen molar-refractivity contribution in [2.45, 2.75) is 45.4 Å². The zero-order valence-electron chi connectivity index (χ0n) is 24.1. The monoisotopic (exact) mass is 533 g/mol. The second kappa shape index (κ2) is 16.0.